The van der Waals surface area contributed by atoms with Crippen molar-refractivity contribution >= 4 is 11.9 Å². The minimum Gasteiger partial charge on any atom is -0.493 e. The highest BCUT2D eigenvalue weighted by Crippen LogP contribution is 2.18. The SMILES string of the molecule is C#CCC(NC(=O)CCOc1ccc(C)cc1C)C(=O)O. The van der Waals surface area contributed by atoms with E-state index in [0.717, 1.165) is 11.1 Å². The molecule has 0 fully saturated rings. The van der Waals surface area contributed by atoms with Gasteiger partial charge in [-0.3, -0.25) is 4.79 Å². The van der Waals surface area contributed by atoms with E-state index in [1.54, 1.807) is 0 Å². The van der Waals surface area contributed by atoms with E-state index in [9.17, 15) is 9.59 Å². The summed E-state index contributed by atoms with van der Waals surface area (Å²) in [6.07, 6.45) is 5.09. The molecule has 0 aromatic heterocycles. The van der Waals surface area contributed by atoms with E-state index in [1.807, 2.05) is 32.0 Å². The summed E-state index contributed by atoms with van der Waals surface area (Å²) in [4.78, 5) is 22.5. The van der Waals surface area contributed by atoms with Crippen molar-refractivity contribution in [1.82, 2.24) is 5.32 Å². The van der Waals surface area contributed by atoms with Gasteiger partial charge < -0.3 is 15.2 Å². The van der Waals surface area contributed by atoms with Crippen LogP contribution in [0.5, 0.6) is 5.75 Å². The van der Waals surface area contributed by atoms with Crippen LogP contribution in [0, 0.1) is 26.2 Å². The van der Waals surface area contributed by atoms with Gasteiger partial charge in [-0.15, -0.1) is 12.3 Å². The van der Waals surface area contributed by atoms with Crippen molar-refractivity contribution < 1.29 is 19.4 Å². The average Bonchev–Trinajstić information content (AvgIpc) is 2.40. The highest BCUT2D eigenvalue weighted by atomic mass is 16.5. The fourth-order valence-corrected chi connectivity index (χ4v) is 1.80. The number of carboxylic acid groups (broad SMARTS) is 1. The third-order valence-electron chi connectivity index (χ3n) is 2.87. The van der Waals surface area contributed by atoms with Crippen LogP contribution in [0.25, 0.3) is 0 Å². The van der Waals surface area contributed by atoms with E-state index in [-0.39, 0.29) is 19.4 Å². The lowest BCUT2D eigenvalue weighted by atomic mass is 10.1. The minimum absolute atomic E-state index is 0.0427. The quantitative estimate of drug-likeness (QED) is 0.749. The second-order valence-corrected chi connectivity index (χ2v) is 4.73. The molecule has 1 aromatic rings. The topological polar surface area (TPSA) is 75.6 Å². The van der Waals surface area contributed by atoms with Crippen molar-refractivity contribution in [2.75, 3.05) is 6.61 Å². The van der Waals surface area contributed by atoms with Crippen molar-refractivity contribution in [1.29, 1.82) is 0 Å². The lowest BCUT2D eigenvalue weighted by Gasteiger charge is -2.13. The molecule has 0 saturated carbocycles. The smallest absolute Gasteiger partial charge is 0.327 e. The van der Waals surface area contributed by atoms with Crippen LogP contribution >= 0.6 is 0 Å². The molecule has 0 aliphatic heterocycles. The summed E-state index contributed by atoms with van der Waals surface area (Å²) in [5.41, 5.74) is 2.13. The fraction of sp³-hybridized carbons (Fsp3) is 0.375. The number of carbonyl (C=O) groups excluding carboxylic acids is 1. The zero-order valence-corrected chi connectivity index (χ0v) is 12.2. The zero-order valence-electron chi connectivity index (χ0n) is 12.2. The van der Waals surface area contributed by atoms with Crippen molar-refractivity contribution in [3.63, 3.8) is 0 Å². The molecule has 2 N–H and O–H groups in total. The molecule has 5 heteroatoms. The molecule has 1 rings (SSSR count). The molecule has 5 nitrogen and oxygen atoms in total. The Hall–Kier alpha value is -2.48. The molecule has 21 heavy (non-hydrogen) atoms. The summed E-state index contributed by atoms with van der Waals surface area (Å²) in [6, 6.07) is 4.71. The molecule has 0 saturated heterocycles. The first-order valence-electron chi connectivity index (χ1n) is 6.59. The van der Waals surface area contributed by atoms with Gasteiger partial charge in [-0.25, -0.2) is 4.79 Å². The van der Waals surface area contributed by atoms with Crippen LogP contribution in [0.15, 0.2) is 18.2 Å². The lowest BCUT2D eigenvalue weighted by Crippen LogP contribution is -2.40. The molecule has 0 radical (unpaired) electrons. The van der Waals surface area contributed by atoms with Gasteiger partial charge in [-0.05, 0) is 25.5 Å². The molecule has 1 aromatic carbocycles. The zero-order chi connectivity index (χ0) is 15.8. The van der Waals surface area contributed by atoms with Crippen LogP contribution in [0.1, 0.15) is 24.0 Å². The van der Waals surface area contributed by atoms with E-state index >= 15 is 0 Å². The molecule has 0 spiro atoms. The number of benzene rings is 1. The van der Waals surface area contributed by atoms with Crippen LogP contribution in [0.4, 0.5) is 0 Å². The van der Waals surface area contributed by atoms with Crippen molar-refractivity contribution in [2.45, 2.75) is 32.7 Å². The number of aliphatic carboxylic acids is 1. The van der Waals surface area contributed by atoms with Gasteiger partial charge in [0, 0.05) is 6.42 Å². The molecule has 112 valence electrons. The highest BCUT2D eigenvalue weighted by Gasteiger charge is 2.18. The van der Waals surface area contributed by atoms with Crippen LogP contribution in [0.2, 0.25) is 0 Å². The predicted molar refractivity (Wildman–Crippen MR) is 79.0 cm³/mol. The minimum atomic E-state index is -1.14. The second kappa shape index (κ2) is 7.95. The van der Waals surface area contributed by atoms with E-state index in [1.165, 1.54) is 0 Å². The Labute approximate surface area is 124 Å². The lowest BCUT2D eigenvalue weighted by molar-refractivity contribution is -0.141. The summed E-state index contributed by atoms with van der Waals surface area (Å²) in [5.74, 6) is 1.39. The van der Waals surface area contributed by atoms with Crippen molar-refractivity contribution in [3.05, 3.63) is 29.3 Å². The molecule has 1 atom stereocenters. The predicted octanol–water partition coefficient (Wildman–Crippen LogP) is 1.67. The normalized spacial score (nSPS) is 11.3. The van der Waals surface area contributed by atoms with Crippen LogP contribution in [0.3, 0.4) is 0 Å². The standard InChI is InChI=1S/C16H19NO4/c1-4-5-13(16(19)20)17-15(18)8-9-21-14-7-6-11(2)10-12(14)3/h1,6-7,10,13H,5,8-9H2,2-3H3,(H,17,18)(H,19,20). The van der Waals surface area contributed by atoms with Crippen molar-refractivity contribution in [3.8, 4) is 18.1 Å². The Balaban J connectivity index is 2.43. The number of amides is 1. The summed E-state index contributed by atoms with van der Waals surface area (Å²) < 4.78 is 5.52. The monoisotopic (exact) mass is 289 g/mol. The van der Waals surface area contributed by atoms with Gasteiger partial charge in [-0.1, -0.05) is 17.7 Å². The highest BCUT2D eigenvalue weighted by molar-refractivity contribution is 5.83. The number of carbonyl (C=O) groups is 2. The van der Waals surface area contributed by atoms with E-state index in [4.69, 9.17) is 16.3 Å². The number of carboxylic acids is 1. The van der Waals surface area contributed by atoms with Gasteiger partial charge in [0.1, 0.15) is 11.8 Å². The number of hydrogen-bond acceptors (Lipinski definition) is 3. The van der Waals surface area contributed by atoms with Gasteiger partial charge in [0.25, 0.3) is 0 Å². The fourth-order valence-electron chi connectivity index (χ4n) is 1.80. The van der Waals surface area contributed by atoms with Crippen molar-refractivity contribution in [2.24, 2.45) is 0 Å². The number of nitrogens with one attached hydrogen (secondary N) is 1. The number of aryl methyl sites for hydroxylation is 2. The third kappa shape index (κ3) is 5.57. The number of terminal acetylenes is 1. The Morgan fingerprint density at radius 3 is 2.71 bits per heavy atom. The van der Waals surface area contributed by atoms with E-state index < -0.39 is 17.9 Å². The maximum atomic E-state index is 11.6. The van der Waals surface area contributed by atoms with Gasteiger partial charge in [0.05, 0.1) is 13.0 Å². The summed E-state index contributed by atoms with van der Waals surface area (Å²) in [5, 5.41) is 11.2. The average molecular weight is 289 g/mol. The molecular weight excluding hydrogens is 270 g/mol. The Bertz CT molecular complexity index is 560. The van der Waals surface area contributed by atoms with Crippen LogP contribution in [-0.2, 0) is 9.59 Å². The van der Waals surface area contributed by atoms with E-state index in [2.05, 4.69) is 11.2 Å². The second-order valence-electron chi connectivity index (χ2n) is 4.73. The summed E-state index contributed by atoms with van der Waals surface area (Å²) >= 11 is 0. The Morgan fingerprint density at radius 1 is 1.43 bits per heavy atom. The molecule has 0 aliphatic rings. The number of rotatable bonds is 7. The molecule has 0 aliphatic carbocycles. The van der Waals surface area contributed by atoms with Gasteiger partial charge in [-0.2, -0.15) is 0 Å². The van der Waals surface area contributed by atoms with Gasteiger partial charge in [0.2, 0.25) is 5.91 Å². The van der Waals surface area contributed by atoms with Crippen LogP contribution < -0.4 is 10.1 Å². The third-order valence-corrected chi connectivity index (χ3v) is 2.87. The molecule has 0 bridgehead atoms. The maximum Gasteiger partial charge on any atom is 0.327 e. The molecule has 0 heterocycles. The Morgan fingerprint density at radius 2 is 2.14 bits per heavy atom. The Kier molecular flexibility index (Phi) is 6.28. The maximum absolute atomic E-state index is 11.6. The van der Waals surface area contributed by atoms with E-state index in [0.29, 0.717) is 5.75 Å². The number of ether oxygens (including phenoxy) is 1. The largest absolute Gasteiger partial charge is 0.493 e. The molecule has 1 unspecified atom stereocenters. The van der Waals surface area contributed by atoms with Gasteiger partial charge in [0.15, 0.2) is 0 Å². The first-order chi connectivity index (χ1) is 9.93. The number of hydrogen-bond donors (Lipinski definition) is 2. The summed E-state index contributed by atoms with van der Waals surface area (Å²) in [6.45, 7) is 4.09. The molecule has 1 amide bonds. The van der Waals surface area contributed by atoms with Gasteiger partial charge >= 0.3 is 5.97 Å². The van der Waals surface area contributed by atoms with Crippen LogP contribution in [-0.4, -0.2) is 29.6 Å². The summed E-state index contributed by atoms with van der Waals surface area (Å²) in [7, 11) is 0. The molecular formula is C16H19NO4. The first kappa shape index (κ1) is 16.6. The first-order valence-corrected chi connectivity index (χ1v) is 6.59.